The lowest BCUT2D eigenvalue weighted by Crippen LogP contribution is -2.62. The zero-order valence-electron chi connectivity index (χ0n) is 15.0. The van der Waals surface area contributed by atoms with E-state index in [4.69, 9.17) is 9.47 Å². The highest BCUT2D eigenvalue weighted by Crippen LogP contribution is 2.33. The Labute approximate surface area is 157 Å². The van der Waals surface area contributed by atoms with Gasteiger partial charge in [-0.15, -0.1) is 0 Å². The summed E-state index contributed by atoms with van der Waals surface area (Å²) in [4.78, 5) is 20.0. The van der Waals surface area contributed by atoms with Gasteiger partial charge in [-0.25, -0.2) is 4.98 Å². The van der Waals surface area contributed by atoms with E-state index in [9.17, 15) is 4.79 Å². The lowest BCUT2D eigenvalue weighted by Gasteiger charge is -2.49. The number of hydrogen-bond donors (Lipinski definition) is 1. The maximum absolute atomic E-state index is 12.7. The van der Waals surface area contributed by atoms with Gasteiger partial charge in [-0.2, -0.15) is 0 Å². The fourth-order valence-electron chi connectivity index (χ4n) is 3.92. The topological polar surface area (TPSA) is 63.7 Å². The molecule has 0 spiro atoms. The molecule has 2 bridgehead atoms. The molecule has 5 heterocycles. The van der Waals surface area contributed by atoms with Crippen molar-refractivity contribution < 1.29 is 14.3 Å². The number of piperidine rings is 3. The molecule has 1 N–H and O–H groups in total. The van der Waals surface area contributed by atoms with Crippen molar-refractivity contribution in [1.29, 1.82) is 0 Å². The maximum atomic E-state index is 12.7. The van der Waals surface area contributed by atoms with Gasteiger partial charge in [0.1, 0.15) is 5.75 Å². The van der Waals surface area contributed by atoms with Crippen LogP contribution in [-0.4, -0.2) is 48.1 Å². The first kappa shape index (κ1) is 17.3. The normalized spacial score (nSPS) is 27.2. The molecule has 2 atom stereocenters. The molecule has 3 saturated heterocycles. The Morgan fingerprint density at radius 3 is 2.73 bits per heavy atom. The zero-order chi connectivity index (χ0) is 18.1. The summed E-state index contributed by atoms with van der Waals surface area (Å²) in [6, 6.07) is 7.80. The van der Waals surface area contributed by atoms with Crippen LogP contribution in [0.5, 0.6) is 16.7 Å². The number of thiophene rings is 1. The van der Waals surface area contributed by atoms with Gasteiger partial charge in [0.2, 0.25) is 5.88 Å². The Hall–Kier alpha value is -2.12. The minimum absolute atomic E-state index is 0.0156. The second-order valence-electron chi connectivity index (χ2n) is 6.87. The molecule has 2 aromatic heterocycles. The van der Waals surface area contributed by atoms with Crippen LogP contribution in [0, 0.1) is 5.92 Å². The summed E-state index contributed by atoms with van der Waals surface area (Å²) in [7, 11) is 1.59. The molecule has 0 aromatic carbocycles. The first-order valence-electron chi connectivity index (χ1n) is 8.96. The third-order valence-electron chi connectivity index (χ3n) is 5.43. The molecule has 0 unspecified atom stereocenters. The Morgan fingerprint density at radius 1 is 1.27 bits per heavy atom. The lowest BCUT2D eigenvalue weighted by molar-refractivity contribution is 0.0218. The van der Waals surface area contributed by atoms with E-state index >= 15 is 0 Å². The molecular formula is C19H23N3O3S. The Morgan fingerprint density at radius 2 is 2.08 bits per heavy atom. The lowest BCUT2D eigenvalue weighted by atomic mass is 9.79. The van der Waals surface area contributed by atoms with Crippen molar-refractivity contribution >= 4 is 17.2 Å². The molecule has 6 nitrogen and oxygen atoms in total. The SMILES string of the molecule is COc1ccc(Oc2ccc(C(=O)N[C@@H]3C4CCN(CC4)[C@H]3C)s2)nc1. The molecule has 0 radical (unpaired) electrons. The summed E-state index contributed by atoms with van der Waals surface area (Å²) in [5, 5.41) is 3.90. The highest BCUT2D eigenvalue weighted by Gasteiger charge is 2.40. The van der Waals surface area contributed by atoms with E-state index in [2.05, 4.69) is 22.1 Å². The highest BCUT2D eigenvalue weighted by molar-refractivity contribution is 7.15. The predicted molar refractivity (Wildman–Crippen MR) is 100 cm³/mol. The Bertz CT molecular complexity index is 767. The van der Waals surface area contributed by atoms with E-state index in [0.29, 0.717) is 33.5 Å². The second kappa shape index (κ2) is 7.25. The molecule has 3 fully saturated rings. The number of fused-ring (bicyclic) bond motifs is 3. The third-order valence-corrected chi connectivity index (χ3v) is 6.39. The number of carbonyl (C=O) groups excluding carboxylic acids is 1. The number of aromatic nitrogens is 1. The van der Waals surface area contributed by atoms with Gasteiger partial charge in [-0.1, -0.05) is 11.3 Å². The fraction of sp³-hybridized carbons (Fsp3) is 0.474. The molecule has 138 valence electrons. The van der Waals surface area contributed by atoms with Crippen LogP contribution in [0.2, 0.25) is 0 Å². The van der Waals surface area contributed by atoms with Crippen molar-refractivity contribution in [2.24, 2.45) is 5.92 Å². The Balaban J connectivity index is 1.40. The third kappa shape index (κ3) is 3.41. The number of ether oxygens (including phenoxy) is 2. The van der Waals surface area contributed by atoms with Crippen LogP contribution >= 0.6 is 11.3 Å². The van der Waals surface area contributed by atoms with Gasteiger partial charge in [0.25, 0.3) is 5.91 Å². The van der Waals surface area contributed by atoms with Crippen LogP contribution < -0.4 is 14.8 Å². The van der Waals surface area contributed by atoms with Crippen molar-refractivity contribution in [1.82, 2.24) is 15.2 Å². The monoisotopic (exact) mass is 373 g/mol. The molecule has 3 aliphatic heterocycles. The molecule has 26 heavy (non-hydrogen) atoms. The van der Waals surface area contributed by atoms with Crippen molar-refractivity contribution in [3.63, 3.8) is 0 Å². The van der Waals surface area contributed by atoms with Crippen molar-refractivity contribution in [2.45, 2.75) is 31.8 Å². The van der Waals surface area contributed by atoms with E-state index < -0.39 is 0 Å². The molecular weight excluding hydrogens is 350 g/mol. The number of amides is 1. The average molecular weight is 373 g/mol. The van der Waals surface area contributed by atoms with Crippen LogP contribution in [0.4, 0.5) is 0 Å². The van der Waals surface area contributed by atoms with Crippen LogP contribution in [-0.2, 0) is 0 Å². The standard InChI is InChI=1S/C19H23N3O3S/c1-12-18(13-7-9-22(12)10-8-13)21-19(23)15-4-6-17(26-15)25-16-5-3-14(24-2)11-20-16/h3-6,11-13,18H,7-10H2,1-2H3,(H,21,23)/t12-,18-/m0/s1. The van der Waals surface area contributed by atoms with Gasteiger partial charge in [-0.05, 0) is 57.0 Å². The average Bonchev–Trinajstić information content (AvgIpc) is 3.14. The molecule has 0 saturated carbocycles. The Kier molecular flexibility index (Phi) is 4.82. The summed E-state index contributed by atoms with van der Waals surface area (Å²) >= 11 is 1.34. The summed E-state index contributed by atoms with van der Waals surface area (Å²) in [6.45, 7) is 4.53. The van der Waals surface area contributed by atoms with Crippen molar-refractivity contribution in [3.05, 3.63) is 35.3 Å². The summed E-state index contributed by atoms with van der Waals surface area (Å²) in [5.74, 6) is 1.73. The summed E-state index contributed by atoms with van der Waals surface area (Å²) in [6.07, 6.45) is 3.96. The molecule has 1 amide bonds. The van der Waals surface area contributed by atoms with Gasteiger partial charge < -0.3 is 14.8 Å². The summed E-state index contributed by atoms with van der Waals surface area (Å²) in [5.41, 5.74) is 0. The summed E-state index contributed by atoms with van der Waals surface area (Å²) < 4.78 is 10.8. The largest absolute Gasteiger partial charge is 0.495 e. The van der Waals surface area contributed by atoms with Gasteiger partial charge in [0.15, 0.2) is 5.06 Å². The minimum atomic E-state index is -0.0156. The van der Waals surface area contributed by atoms with E-state index in [-0.39, 0.29) is 11.9 Å². The number of methoxy groups -OCH3 is 1. The van der Waals surface area contributed by atoms with Gasteiger partial charge in [-0.3, -0.25) is 9.69 Å². The van der Waals surface area contributed by atoms with Crippen LogP contribution in [0.1, 0.15) is 29.4 Å². The number of pyridine rings is 1. The van der Waals surface area contributed by atoms with Crippen LogP contribution in [0.25, 0.3) is 0 Å². The minimum Gasteiger partial charge on any atom is -0.495 e. The van der Waals surface area contributed by atoms with Gasteiger partial charge in [0, 0.05) is 18.2 Å². The van der Waals surface area contributed by atoms with Crippen LogP contribution in [0.3, 0.4) is 0 Å². The number of carbonyl (C=O) groups is 1. The van der Waals surface area contributed by atoms with E-state index in [0.717, 1.165) is 13.1 Å². The number of rotatable bonds is 5. The zero-order valence-corrected chi connectivity index (χ0v) is 15.8. The van der Waals surface area contributed by atoms with Gasteiger partial charge >= 0.3 is 0 Å². The molecule has 5 rings (SSSR count). The number of nitrogens with one attached hydrogen (secondary N) is 1. The van der Waals surface area contributed by atoms with Crippen LogP contribution in [0.15, 0.2) is 30.5 Å². The quantitative estimate of drug-likeness (QED) is 0.872. The smallest absolute Gasteiger partial charge is 0.261 e. The molecule has 3 aliphatic rings. The van der Waals surface area contributed by atoms with E-state index in [1.54, 1.807) is 25.4 Å². The van der Waals surface area contributed by atoms with E-state index in [1.807, 2.05) is 12.1 Å². The second-order valence-corrected chi connectivity index (χ2v) is 7.92. The molecule has 7 heteroatoms. The first-order valence-corrected chi connectivity index (χ1v) is 9.78. The molecule has 0 aliphatic carbocycles. The fourth-order valence-corrected chi connectivity index (χ4v) is 4.68. The van der Waals surface area contributed by atoms with Crippen molar-refractivity contribution in [2.75, 3.05) is 20.2 Å². The number of hydrogen-bond acceptors (Lipinski definition) is 6. The van der Waals surface area contributed by atoms with E-state index in [1.165, 1.54) is 24.2 Å². The van der Waals surface area contributed by atoms with Gasteiger partial charge in [0.05, 0.1) is 18.2 Å². The maximum Gasteiger partial charge on any atom is 0.261 e. The first-order chi connectivity index (χ1) is 12.6. The number of nitrogens with zero attached hydrogens (tertiary/aromatic N) is 2. The predicted octanol–water partition coefficient (Wildman–Crippen LogP) is 3.16. The van der Waals surface area contributed by atoms with Crippen molar-refractivity contribution in [3.8, 4) is 16.7 Å². The molecule has 2 aromatic rings. The highest BCUT2D eigenvalue weighted by atomic mass is 32.1.